The van der Waals surface area contributed by atoms with Gasteiger partial charge in [0.05, 0.1) is 31.0 Å². The van der Waals surface area contributed by atoms with Crippen LogP contribution in [0.15, 0.2) is 35.0 Å². The number of nitrogens with zero attached hydrogens (tertiary/aromatic N) is 1. The lowest BCUT2D eigenvalue weighted by Crippen LogP contribution is -2.08. The smallest absolute Gasteiger partial charge is 0.311 e. The van der Waals surface area contributed by atoms with Gasteiger partial charge in [-0.2, -0.15) is 11.3 Å². The number of aryl methyl sites for hydroxylation is 1. The van der Waals surface area contributed by atoms with E-state index in [4.69, 9.17) is 14.5 Å². The molecule has 4 rings (SSSR count). The molecular formula is C20H20N2O3S. The predicted octanol–water partition coefficient (Wildman–Crippen LogP) is 4.24. The minimum absolute atomic E-state index is 0.181. The number of ether oxygens (including phenoxy) is 2. The van der Waals surface area contributed by atoms with Crippen LogP contribution in [-0.4, -0.2) is 29.2 Å². The third kappa shape index (κ3) is 3.37. The maximum Gasteiger partial charge on any atom is 0.311 e. The van der Waals surface area contributed by atoms with Crippen molar-refractivity contribution >= 4 is 17.3 Å². The van der Waals surface area contributed by atoms with Gasteiger partial charge in [-0.3, -0.25) is 4.79 Å². The number of imidazole rings is 1. The van der Waals surface area contributed by atoms with E-state index in [1.54, 1.807) is 11.3 Å². The summed E-state index contributed by atoms with van der Waals surface area (Å²) in [6.45, 7) is 2.96. The van der Waals surface area contributed by atoms with Crippen LogP contribution in [0.5, 0.6) is 5.75 Å². The highest BCUT2D eigenvalue weighted by molar-refractivity contribution is 7.08. The quantitative estimate of drug-likeness (QED) is 0.684. The van der Waals surface area contributed by atoms with Crippen LogP contribution in [-0.2, 0) is 22.4 Å². The van der Waals surface area contributed by atoms with Crippen molar-refractivity contribution in [1.29, 1.82) is 0 Å². The van der Waals surface area contributed by atoms with Gasteiger partial charge in [0.25, 0.3) is 0 Å². The monoisotopic (exact) mass is 368 g/mol. The zero-order valence-corrected chi connectivity index (χ0v) is 15.4. The Morgan fingerprint density at radius 3 is 3.08 bits per heavy atom. The molecule has 0 saturated carbocycles. The van der Waals surface area contributed by atoms with Crippen LogP contribution in [0.4, 0.5) is 0 Å². The topological polar surface area (TPSA) is 64.2 Å². The molecule has 0 spiro atoms. The number of hydrogen-bond acceptors (Lipinski definition) is 5. The Morgan fingerprint density at radius 1 is 1.35 bits per heavy atom. The van der Waals surface area contributed by atoms with Crippen molar-refractivity contribution < 1.29 is 14.3 Å². The maximum atomic E-state index is 12.0. The summed E-state index contributed by atoms with van der Waals surface area (Å²) in [5, 5.41) is 4.05. The summed E-state index contributed by atoms with van der Waals surface area (Å²) in [5.41, 5.74) is 4.81. The molecule has 26 heavy (non-hydrogen) atoms. The molecule has 1 N–H and O–H groups in total. The fourth-order valence-electron chi connectivity index (χ4n) is 3.18. The molecule has 0 bridgehead atoms. The van der Waals surface area contributed by atoms with Gasteiger partial charge in [0.1, 0.15) is 11.6 Å². The van der Waals surface area contributed by atoms with Gasteiger partial charge in [-0.1, -0.05) is 0 Å². The molecule has 0 unspecified atom stereocenters. The van der Waals surface area contributed by atoms with Crippen molar-refractivity contribution in [3.05, 3.63) is 46.3 Å². The summed E-state index contributed by atoms with van der Waals surface area (Å²) in [5.74, 6) is 1.47. The molecule has 1 aliphatic heterocycles. The average molecular weight is 368 g/mol. The SMILES string of the molecule is CCOC(=O)Cc1[nH]c(-c2ccc3c(c2)CCCO3)nc1-c1ccsc1. The summed E-state index contributed by atoms with van der Waals surface area (Å²) >= 11 is 1.61. The second-order valence-electron chi connectivity index (χ2n) is 6.18. The molecule has 0 radical (unpaired) electrons. The molecule has 1 aromatic carbocycles. The van der Waals surface area contributed by atoms with Gasteiger partial charge in [0.15, 0.2) is 0 Å². The van der Waals surface area contributed by atoms with Gasteiger partial charge in [0.2, 0.25) is 0 Å². The van der Waals surface area contributed by atoms with E-state index >= 15 is 0 Å². The Kier molecular flexibility index (Phi) is 4.75. The van der Waals surface area contributed by atoms with E-state index in [-0.39, 0.29) is 12.4 Å². The van der Waals surface area contributed by atoms with E-state index in [9.17, 15) is 4.79 Å². The van der Waals surface area contributed by atoms with Crippen LogP contribution in [0, 0.1) is 0 Å². The third-order valence-corrected chi connectivity index (χ3v) is 5.06. The first-order valence-electron chi connectivity index (χ1n) is 8.77. The number of carbonyl (C=O) groups is 1. The van der Waals surface area contributed by atoms with Gasteiger partial charge < -0.3 is 14.5 Å². The molecule has 6 heteroatoms. The maximum absolute atomic E-state index is 12.0. The van der Waals surface area contributed by atoms with Crippen molar-refractivity contribution in [2.45, 2.75) is 26.2 Å². The van der Waals surface area contributed by atoms with Crippen LogP contribution in [0.3, 0.4) is 0 Å². The summed E-state index contributed by atoms with van der Waals surface area (Å²) in [6, 6.07) is 8.15. The highest BCUT2D eigenvalue weighted by Crippen LogP contribution is 2.32. The summed E-state index contributed by atoms with van der Waals surface area (Å²) < 4.78 is 10.8. The second kappa shape index (κ2) is 7.33. The lowest BCUT2D eigenvalue weighted by molar-refractivity contribution is -0.142. The second-order valence-corrected chi connectivity index (χ2v) is 6.96. The number of fused-ring (bicyclic) bond motifs is 1. The van der Waals surface area contributed by atoms with Crippen molar-refractivity contribution in [2.24, 2.45) is 0 Å². The molecule has 0 atom stereocenters. The molecule has 3 aromatic rings. The van der Waals surface area contributed by atoms with Crippen molar-refractivity contribution in [3.8, 4) is 28.4 Å². The fraction of sp³-hybridized carbons (Fsp3) is 0.300. The Morgan fingerprint density at radius 2 is 2.27 bits per heavy atom. The van der Waals surface area contributed by atoms with E-state index < -0.39 is 0 Å². The molecule has 0 saturated heterocycles. The predicted molar refractivity (Wildman–Crippen MR) is 101 cm³/mol. The molecule has 0 aliphatic carbocycles. The molecule has 134 valence electrons. The van der Waals surface area contributed by atoms with Gasteiger partial charge in [-0.25, -0.2) is 4.98 Å². The molecule has 0 fully saturated rings. The number of benzene rings is 1. The minimum Gasteiger partial charge on any atom is -0.493 e. The molecule has 2 aromatic heterocycles. The van der Waals surface area contributed by atoms with Gasteiger partial charge in [-0.05, 0) is 55.0 Å². The Hall–Kier alpha value is -2.60. The number of nitrogens with one attached hydrogen (secondary N) is 1. The van der Waals surface area contributed by atoms with Gasteiger partial charge in [0, 0.05) is 16.5 Å². The Balaban J connectivity index is 1.72. The number of H-pyrrole nitrogens is 1. The Bertz CT molecular complexity index is 915. The van der Waals surface area contributed by atoms with Crippen LogP contribution < -0.4 is 4.74 Å². The number of hydrogen-bond donors (Lipinski definition) is 1. The molecular weight excluding hydrogens is 348 g/mol. The fourth-order valence-corrected chi connectivity index (χ4v) is 3.82. The van der Waals surface area contributed by atoms with E-state index in [0.29, 0.717) is 6.61 Å². The molecule has 0 amide bonds. The molecule has 1 aliphatic rings. The van der Waals surface area contributed by atoms with E-state index in [1.807, 2.05) is 35.9 Å². The number of aromatic nitrogens is 2. The van der Waals surface area contributed by atoms with Crippen LogP contribution in [0.1, 0.15) is 24.6 Å². The van der Waals surface area contributed by atoms with Crippen molar-refractivity contribution in [2.75, 3.05) is 13.2 Å². The summed E-state index contributed by atoms with van der Waals surface area (Å²) in [6.07, 6.45) is 2.22. The number of carbonyl (C=O) groups excluding carboxylic acids is 1. The minimum atomic E-state index is -0.252. The van der Waals surface area contributed by atoms with Crippen molar-refractivity contribution in [1.82, 2.24) is 9.97 Å². The lowest BCUT2D eigenvalue weighted by atomic mass is 10.0. The first-order chi connectivity index (χ1) is 12.7. The molecule has 5 nitrogen and oxygen atoms in total. The number of rotatable bonds is 5. The summed E-state index contributed by atoms with van der Waals surface area (Å²) in [7, 11) is 0. The number of thiophene rings is 1. The standard InChI is InChI=1S/C20H20N2O3S/c1-2-24-18(23)11-16-19(15-7-9-26-12-15)22-20(21-16)14-5-6-17-13(10-14)4-3-8-25-17/h5-7,9-10,12H,2-4,8,11H2,1H3,(H,21,22). The first kappa shape index (κ1) is 16.8. The van der Waals surface area contributed by atoms with Crippen molar-refractivity contribution in [3.63, 3.8) is 0 Å². The number of esters is 1. The third-order valence-electron chi connectivity index (χ3n) is 4.38. The summed E-state index contributed by atoms with van der Waals surface area (Å²) in [4.78, 5) is 20.1. The Labute approximate surface area is 156 Å². The van der Waals surface area contributed by atoms with Crippen LogP contribution in [0.2, 0.25) is 0 Å². The lowest BCUT2D eigenvalue weighted by Gasteiger charge is -2.17. The van der Waals surface area contributed by atoms with E-state index in [2.05, 4.69) is 11.1 Å². The normalized spacial score (nSPS) is 13.1. The highest BCUT2D eigenvalue weighted by atomic mass is 32.1. The zero-order chi connectivity index (χ0) is 17.9. The van der Waals surface area contributed by atoms with Gasteiger partial charge in [-0.15, -0.1) is 0 Å². The van der Waals surface area contributed by atoms with E-state index in [0.717, 1.165) is 53.5 Å². The van der Waals surface area contributed by atoms with Crippen LogP contribution >= 0.6 is 11.3 Å². The largest absolute Gasteiger partial charge is 0.493 e. The van der Waals surface area contributed by atoms with Gasteiger partial charge >= 0.3 is 5.97 Å². The average Bonchev–Trinajstić information content (AvgIpc) is 3.31. The molecule has 3 heterocycles. The first-order valence-corrected chi connectivity index (χ1v) is 9.72. The van der Waals surface area contributed by atoms with Crippen LogP contribution in [0.25, 0.3) is 22.6 Å². The number of aromatic amines is 1. The highest BCUT2D eigenvalue weighted by Gasteiger charge is 2.18. The van der Waals surface area contributed by atoms with E-state index in [1.165, 1.54) is 5.56 Å². The zero-order valence-electron chi connectivity index (χ0n) is 14.6.